The van der Waals surface area contributed by atoms with E-state index < -0.39 is 30.3 Å². The van der Waals surface area contributed by atoms with Crippen molar-refractivity contribution >= 4 is 17.6 Å². The molecule has 1 aliphatic rings. The Morgan fingerprint density at radius 2 is 1.90 bits per heavy atom. The number of carbonyl (C=O) groups is 2. The van der Waals surface area contributed by atoms with Gasteiger partial charge in [-0.25, -0.2) is 9.40 Å². The highest BCUT2D eigenvalue weighted by atomic mass is 19.1. The second-order valence-electron chi connectivity index (χ2n) is 7.32. The second kappa shape index (κ2) is 8.95. The summed E-state index contributed by atoms with van der Waals surface area (Å²) in [4.78, 5) is 24.9. The van der Waals surface area contributed by atoms with E-state index in [9.17, 15) is 14.0 Å². The van der Waals surface area contributed by atoms with Gasteiger partial charge in [0.15, 0.2) is 6.61 Å². The van der Waals surface area contributed by atoms with Gasteiger partial charge in [-0.05, 0) is 36.2 Å². The molecule has 0 spiro atoms. The maximum absolute atomic E-state index is 13.7. The van der Waals surface area contributed by atoms with Gasteiger partial charge in [-0.2, -0.15) is 5.10 Å². The molecule has 1 atom stereocenters. The summed E-state index contributed by atoms with van der Waals surface area (Å²) in [6.45, 7) is 1.51. The minimum absolute atomic E-state index is 0.217. The van der Waals surface area contributed by atoms with Crippen LogP contribution in [0.25, 0.3) is 0 Å². The van der Waals surface area contributed by atoms with Crippen molar-refractivity contribution in [3.63, 3.8) is 0 Å². The Morgan fingerprint density at radius 3 is 2.61 bits per heavy atom. The maximum atomic E-state index is 13.7. The predicted octanol–water partition coefficient (Wildman–Crippen LogP) is 4.19. The van der Waals surface area contributed by atoms with Crippen LogP contribution in [0, 0.1) is 12.7 Å². The monoisotopic (exact) mass is 420 g/mol. The molecule has 0 radical (unpaired) electrons. The lowest BCUT2D eigenvalue weighted by atomic mass is 10.0. The Kier molecular flexibility index (Phi) is 5.93. The summed E-state index contributed by atoms with van der Waals surface area (Å²) in [6.07, 6.45) is 1.77. The number of furan rings is 1. The van der Waals surface area contributed by atoms with Crippen LogP contribution >= 0.6 is 0 Å². The van der Waals surface area contributed by atoms with E-state index in [1.807, 2.05) is 31.2 Å². The summed E-state index contributed by atoms with van der Waals surface area (Å²) in [7, 11) is 0. The second-order valence-corrected chi connectivity index (χ2v) is 7.32. The minimum atomic E-state index is -0.685. The van der Waals surface area contributed by atoms with Gasteiger partial charge in [0.1, 0.15) is 17.6 Å². The number of hydrazone groups is 1. The summed E-state index contributed by atoms with van der Waals surface area (Å²) in [6, 6.07) is 16.9. The number of aryl methyl sites for hydroxylation is 1. The van der Waals surface area contributed by atoms with Gasteiger partial charge in [-0.15, -0.1) is 0 Å². The quantitative estimate of drug-likeness (QED) is 0.561. The van der Waals surface area contributed by atoms with Crippen molar-refractivity contribution in [1.82, 2.24) is 5.01 Å². The third kappa shape index (κ3) is 4.71. The highest BCUT2D eigenvalue weighted by Crippen LogP contribution is 2.33. The van der Waals surface area contributed by atoms with Crippen molar-refractivity contribution in [2.24, 2.45) is 5.10 Å². The van der Waals surface area contributed by atoms with E-state index in [1.165, 1.54) is 23.4 Å². The lowest BCUT2D eigenvalue weighted by Gasteiger charge is -2.19. The van der Waals surface area contributed by atoms with Crippen LogP contribution in [0.4, 0.5) is 4.39 Å². The fraction of sp³-hybridized carbons (Fsp3) is 0.208. The fourth-order valence-electron chi connectivity index (χ4n) is 3.42. The van der Waals surface area contributed by atoms with E-state index in [2.05, 4.69) is 5.10 Å². The molecule has 4 rings (SSSR count). The molecular weight excluding hydrogens is 399 g/mol. The average Bonchev–Trinajstić information content (AvgIpc) is 3.44. The normalized spacial score (nSPS) is 15.6. The Labute approximate surface area is 178 Å². The average molecular weight is 420 g/mol. The van der Waals surface area contributed by atoms with E-state index in [-0.39, 0.29) is 12.0 Å². The zero-order valence-corrected chi connectivity index (χ0v) is 17.0. The first-order valence-corrected chi connectivity index (χ1v) is 9.90. The highest BCUT2D eigenvalue weighted by molar-refractivity contribution is 6.03. The number of nitrogens with zero attached hydrogens (tertiary/aromatic N) is 2. The number of ether oxygens (including phenoxy) is 1. The first-order chi connectivity index (χ1) is 15.0. The minimum Gasteiger partial charge on any atom is -0.467 e. The Hall–Kier alpha value is -3.74. The Morgan fingerprint density at radius 1 is 1.13 bits per heavy atom. The number of rotatable bonds is 6. The third-order valence-electron chi connectivity index (χ3n) is 5.07. The van der Waals surface area contributed by atoms with Gasteiger partial charge < -0.3 is 9.15 Å². The van der Waals surface area contributed by atoms with Crippen molar-refractivity contribution in [3.05, 3.63) is 95.2 Å². The standard InChI is InChI=1S/C24H21FN2O4/c1-16-8-10-17(11-9-16)20-14-21(22-7-4-12-30-22)27(26-20)23(28)15-31-24(29)13-18-5-2-3-6-19(18)25/h2-12,21H,13-15H2,1H3/t21-/m1/s1. The molecule has 158 valence electrons. The van der Waals surface area contributed by atoms with Crippen molar-refractivity contribution in [2.75, 3.05) is 6.61 Å². The van der Waals surface area contributed by atoms with Gasteiger partial charge >= 0.3 is 5.97 Å². The summed E-state index contributed by atoms with van der Waals surface area (Å²) < 4.78 is 24.3. The van der Waals surface area contributed by atoms with Gasteiger partial charge in [0.05, 0.1) is 18.4 Å². The van der Waals surface area contributed by atoms with Crippen LogP contribution in [0.15, 0.2) is 76.4 Å². The van der Waals surface area contributed by atoms with Gasteiger partial charge in [-0.3, -0.25) is 9.59 Å². The van der Waals surface area contributed by atoms with Crippen LogP contribution < -0.4 is 0 Å². The molecule has 2 heterocycles. The van der Waals surface area contributed by atoms with Crippen LogP contribution in [0.5, 0.6) is 0 Å². The molecule has 0 N–H and O–H groups in total. The Balaban J connectivity index is 1.46. The fourth-order valence-corrected chi connectivity index (χ4v) is 3.42. The number of amides is 1. The van der Waals surface area contributed by atoms with Gasteiger partial charge in [0.2, 0.25) is 0 Å². The molecule has 2 aromatic carbocycles. The largest absolute Gasteiger partial charge is 0.467 e. The molecule has 0 fully saturated rings. The zero-order chi connectivity index (χ0) is 21.8. The first-order valence-electron chi connectivity index (χ1n) is 9.90. The summed E-state index contributed by atoms with van der Waals surface area (Å²) in [5.41, 5.74) is 3.00. The topological polar surface area (TPSA) is 72.1 Å². The molecule has 7 heteroatoms. The van der Waals surface area contributed by atoms with Crippen molar-refractivity contribution < 1.29 is 23.1 Å². The smallest absolute Gasteiger partial charge is 0.310 e. The van der Waals surface area contributed by atoms with E-state index in [1.54, 1.807) is 24.3 Å². The summed E-state index contributed by atoms with van der Waals surface area (Å²) in [5, 5.41) is 5.79. The molecule has 0 aliphatic carbocycles. The predicted molar refractivity (Wildman–Crippen MR) is 112 cm³/mol. The zero-order valence-electron chi connectivity index (χ0n) is 17.0. The van der Waals surface area contributed by atoms with Crippen molar-refractivity contribution in [1.29, 1.82) is 0 Å². The summed E-state index contributed by atoms with van der Waals surface area (Å²) >= 11 is 0. The molecular formula is C24H21FN2O4. The molecule has 0 saturated carbocycles. The molecule has 1 aromatic heterocycles. The van der Waals surface area contributed by atoms with Crippen molar-refractivity contribution in [3.8, 4) is 0 Å². The van der Waals surface area contributed by atoms with Gasteiger partial charge in [0.25, 0.3) is 5.91 Å². The molecule has 6 nitrogen and oxygen atoms in total. The number of hydrogen-bond acceptors (Lipinski definition) is 5. The van der Waals surface area contributed by atoms with Gasteiger partial charge in [0, 0.05) is 6.42 Å². The highest BCUT2D eigenvalue weighted by Gasteiger charge is 2.35. The number of esters is 1. The van der Waals surface area contributed by atoms with Crippen molar-refractivity contribution in [2.45, 2.75) is 25.8 Å². The van der Waals surface area contributed by atoms with Crippen LogP contribution in [0.3, 0.4) is 0 Å². The molecule has 3 aromatic rings. The van der Waals surface area contributed by atoms with E-state index in [4.69, 9.17) is 9.15 Å². The number of halogens is 1. The van der Waals surface area contributed by atoms with Gasteiger partial charge in [-0.1, -0.05) is 48.0 Å². The van der Waals surface area contributed by atoms with E-state index >= 15 is 0 Å². The molecule has 0 unspecified atom stereocenters. The Bertz CT molecular complexity index is 1110. The van der Waals surface area contributed by atoms with Crippen LogP contribution in [0.1, 0.15) is 34.9 Å². The number of carbonyl (C=O) groups excluding carboxylic acids is 2. The van der Waals surface area contributed by atoms with Crippen LogP contribution in [0.2, 0.25) is 0 Å². The number of hydrogen-bond donors (Lipinski definition) is 0. The maximum Gasteiger partial charge on any atom is 0.310 e. The summed E-state index contributed by atoms with van der Waals surface area (Å²) in [5.74, 6) is -1.06. The first kappa shape index (κ1) is 20.5. The third-order valence-corrected chi connectivity index (χ3v) is 5.07. The number of benzene rings is 2. The SMILES string of the molecule is Cc1ccc(C2=NN(C(=O)COC(=O)Cc3ccccc3F)[C@@H](c3ccco3)C2)cc1. The molecule has 0 saturated heterocycles. The van der Waals surface area contributed by atoms with Crippen LogP contribution in [-0.2, 0) is 20.7 Å². The molecule has 0 bridgehead atoms. The molecule has 31 heavy (non-hydrogen) atoms. The van der Waals surface area contributed by atoms with E-state index in [0.29, 0.717) is 12.2 Å². The van der Waals surface area contributed by atoms with E-state index in [0.717, 1.165) is 16.8 Å². The lowest BCUT2D eigenvalue weighted by Crippen LogP contribution is -2.31. The molecule has 1 aliphatic heterocycles. The lowest BCUT2D eigenvalue weighted by molar-refractivity contribution is -0.152. The van der Waals surface area contributed by atoms with Crippen LogP contribution in [-0.4, -0.2) is 29.2 Å². The molecule has 1 amide bonds.